The summed E-state index contributed by atoms with van der Waals surface area (Å²) in [4.78, 5) is 22.7. The summed E-state index contributed by atoms with van der Waals surface area (Å²) in [6, 6.07) is 39.1. The van der Waals surface area contributed by atoms with E-state index in [-0.39, 0.29) is 11.5 Å². The number of aliphatic hydroxyl groups is 1. The molecular weight excluding hydrogens is 777 g/mol. The number of nitrogens with zero attached hydrogens (tertiary/aromatic N) is 2. The Labute approximate surface area is 376 Å². The highest BCUT2D eigenvalue weighted by molar-refractivity contribution is 5.90. The molecule has 7 rings (SSSR count). The first kappa shape index (κ1) is 45.8. The molecule has 0 unspecified atom stereocenters. The van der Waals surface area contributed by atoms with Gasteiger partial charge in [0.1, 0.15) is 0 Å². The molecule has 0 amide bonds. The predicted octanol–water partition coefficient (Wildman–Crippen LogP) is 14.3. The van der Waals surface area contributed by atoms with Gasteiger partial charge in [0.15, 0.2) is 5.78 Å². The number of aryl methyl sites for hydroxylation is 2. The molecule has 6 nitrogen and oxygen atoms in total. The van der Waals surface area contributed by atoms with Gasteiger partial charge in [0, 0.05) is 40.8 Å². The molecule has 3 heterocycles. The fraction of sp³-hybridized carbons (Fsp3) is 0.421. The highest BCUT2D eigenvalue weighted by atomic mass is 16.5. The molecule has 1 aliphatic rings. The number of para-hydroxylation sites is 2. The summed E-state index contributed by atoms with van der Waals surface area (Å²) in [6.07, 6.45) is 22.1. The van der Waals surface area contributed by atoms with Crippen LogP contribution in [-0.2, 0) is 40.0 Å². The maximum Gasteiger partial charge on any atom is 0.159 e. The number of ketones is 1. The second-order valence-corrected chi connectivity index (χ2v) is 17.5. The number of aliphatic hydroxyl groups excluding tert-OH is 1. The molecule has 8 bridgehead atoms. The van der Waals surface area contributed by atoms with E-state index in [1.165, 1.54) is 77.6 Å². The monoisotopic (exact) mass is 845 g/mol. The van der Waals surface area contributed by atoms with Crippen molar-refractivity contribution in [3.8, 4) is 22.5 Å². The SMILES string of the molecule is O=C1C=C(O)CCCCCCCCCc2cc(nc3ccccc23)-c2cccc(c2)CCOCCOCCc2cccc(c2)-c2cc(c3ccccc3n2)CCCCCCCCC1. The van der Waals surface area contributed by atoms with E-state index < -0.39 is 0 Å². The van der Waals surface area contributed by atoms with Crippen LogP contribution in [0.15, 0.2) is 121 Å². The van der Waals surface area contributed by atoms with E-state index >= 15 is 0 Å². The minimum absolute atomic E-state index is 0.0605. The first-order chi connectivity index (χ1) is 31.1. The molecule has 0 spiro atoms. The molecule has 330 valence electrons. The molecule has 0 radical (unpaired) electrons. The van der Waals surface area contributed by atoms with Crippen molar-refractivity contribution in [3.63, 3.8) is 0 Å². The Morgan fingerprint density at radius 2 is 0.841 bits per heavy atom. The average Bonchev–Trinajstić information content (AvgIpc) is 3.31. The number of pyridine rings is 2. The maximum absolute atomic E-state index is 12.5. The smallest absolute Gasteiger partial charge is 0.159 e. The summed E-state index contributed by atoms with van der Waals surface area (Å²) in [5.41, 5.74) is 11.6. The molecule has 0 saturated heterocycles. The van der Waals surface area contributed by atoms with E-state index in [4.69, 9.17) is 19.4 Å². The molecule has 0 saturated carbocycles. The molecule has 6 heteroatoms. The van der Waals surface area contributed by atoms with Crippen molar-refractivity contribution in [1.29, 1.82) is 0 Å². The average molecular weight is 845 g/mol. The van der Waals surface area contributed by atoms with Crippen molar-refractivity contribution in [2.75, 3.05) is 26.4 Å². The molecule has 2 aromatic heterocycles. The third-order valence-corrected chi connectivity index (χ3v) is 12.6. The summed E-state index contributed by atoms with van der Waals surface area (Å²) in [5.74, 6) is 0.309. The zero-order chi connectivity index (χ0) is 43.3. The first-order valence-electron chi connectivity index (χ1n) is 24.1. The van der Waals surface area contributed by atoms with E-state index in [9.17, 15) is 9.90 Å². The number of carbonyl (C=O) groups excluding carboxylic acids is 1. The summed E-state index contributed by atoms with van der Waals surface area (Å²) in [7, 11) is 0. The first-order valence-corrected chi connectivity index (χ1v) is 24.1. The Bertz CT molecular complexity index is 2380. The van der Waals surface area contributed by atoms with Crippen LogP contribution in [-0.4, -0.2) is 47.3 Å². The number of allylic oxidation sites excluding steroid dienone is 2. The molecule has 1 N–H and O–H groups in total. The molecule has 0 fully saturated rings. The molecule has 0 aliphatic carbocycles. The van der Waals surface area contributed by atoms with Crippen molar-refractivity contribution in [1.82, 2.24) is 9.97 Å². The summed E-state index contributed by atoms with van der Waals surface area (Å²) < 4.78 is 12.1. The number of hydrogen-bond acceptors (Lipinski definition) is 6. The van der Waals surface area contributed by atoms with Crippen molar-refractivity contribution in [2.45, 2.75) is 128 Å². The molecule has 63 heavy (non-hydrogen) atoms. The standard InChI is InChI=1S/C57H68N2O4/c60-50-27-13-9-5-1-3-7-11-23-46-41-56(58-54-31-17-15-29-52(46)54)48-25-19-21-44(39-48)33-35-62-37-38-63-36-34-45-22-20-26-49(40-45)57-42-47(53-30-16-18-32-55(53)59-57)24-12-8-4-2-6-10-14-28-51(61)43-50/h15-22,25-26,29-32,39-43,60H,1-14,23-24,27-28,33-38H2. The molecule has 4 aromatic carbocycles. The van der Waals surface area contributed by atoms with Gasteiger partial charge >= 0.3 is 0 Å². The second-order valence-electron chi connectivity index (χ2n) is 17.5. The lowest BCUT2D eigenvalue weighted by atomic mass is 9.98. The Morgan fingerprint density at radius 1 is 0.413 bits per heavy atom. The van der Waals surface area contributed by atoms with Gasteiger partial charge in [-0.1, -0.05) is 137 Å². The summed E-state index contributed by atoms with van der Waals surface area (Å²) in [6.45, 7) is 2.44. The van der Waals surface area contributed by atoms with Gasteiger partial charge in [0.05, 0.1) is 54.6 Å². The zero-order valence-corrected chi connectivity index (χ0v) is 37.5. The highest BCUT2D eigenvalue weighted by Crippen LogP contribution is 2.29. The minimum atomic E-state index is 0.0605. The van der Waals surface area contributed by atoms with Crippen molar-refractivity contribution >= 4 is 27.6 Å². The quantitative estimate of drug-likeness (QED) is 0.164. The lowest BCUT2D eigenvalue weighted by Gasteiger charge is -2.12. The van der Waals surface area contributed by atoms with Gasteiger partial charge in [-0.2, -0.15) is 0 Å². The number of rotatable bonds is 0. The van der Waals surface area contributed by atoms with Gasteiger partial charge in [-0.15, -0.1) is 0 Å². The van der Waals surface area contributed by atoms with Crippen molar-refractivity contribution in [2.24, 2.45) is 0 Å². The topological polar surface area (TPSA) is 81.5 Å². The normalized spacial score (nSPS) is 17.3. The van der Waals surface area contributed by atoms with E-state index in [2.05, 4.69) is 109 Å². The van der Waals surface area contributed by atoms with Gasteiger partial charge in [0.2, 0.25) is 0 Å². The number of fused-ring (bicyclic) bond motifs is 14. The lowest BCUT2D eigenvalue weighted by molar-refractivity contribution is -0.114. The van der Waals surface area contributed by atoms with Crippen LogP contribution in [0.3, 0.4) is 0 Å². The van der Waals surface area contributed by atoms with Crippen LogP contribution in [0.4, 0.5) is 0 Å². The van der Waals surface area contributed by atoms with Crippen LogP contribution in [0.5, 0.6) is 0 Å². The van der Waals surface area contributed by atoms with Crippen LogP contribution in [0, 0.1) is 0 Å². The van der Waals surface area contributed by atoms with Crippen molar-refractivity contribution < 1.29 is 19.4 Å². The van der Waals surface area contributed by atoms with Gasteiger partial charge in [-0.3, -0.25) is 4.79 Å². The molecular formula is C57H68N2O4. The molecule has 0 atom stereocenters. The Morgan fingerprint density at radius 3 is 1.33 bits per heavy atom. The van der Waals surface area contributed by atoms with Crippen LogP contribution >= 0.6 is 0 Å². The largest absolute Gasteiger partial charge is 0.512 e. The summed E-state index contributed by atoms with van der Waals surface area (Å²) in [5, 5.41) is 12.9. The van der Waals surface area contributed by atoms with E-state index in [1.54, 1.807) is 0 Å². The molecule has 6 aromatic rings. The van der Waals surface area contributed by atoms with Crippen LogP contribution in [0.1, 0.15) is 125 Å². The Hall–Kier alpha value is -5.17. The lowest BCUT2D eigenvalue weighted by Crippen LogP contribution is -2.08. The fourth-order valence-corrected chi connectivity index (χ4v) is 9.01. The van der Waals surface area contributed by atoms with Gasteiger partial charge in [-0.25, -0.2) is 9.97 Å². The van der Waals surface area contributed by atoms with Crippen molar-refractivity contribution in [3.05, 3.63) is 143 Å². The number of carbonyl (C=O) groups is 1. The number of aromatic nitrogens is 2. The van der Waals surface area contributed by atoms with E-state index in [0.717, 1.165) is 111 Å². The highest BCUT2D eigenvalue weighted by Gasteiger charge is 2.11. The van der Waals surface area contributed by atoms with Gasteiger partial charge in [-0.05, 0) is 110 Å². The molecule has 1 aliphatic heterocycles. The third kappa shape index (κ3) is 14.7. The van der Waals surface area contributed by atoms with E-state index in [1.807, 2.05) is 0 Å². The summed E-state index contributed by atoms with van der Waals surface area (Å²) >= 11 is 0. The van der Waals surface area contributed by atoms with Gasteiger partial charge in [0.25, 0.3) is 0 Å². The van der Waals surface area contributed by atoms with Crippen LogP contribution in [0.25, 0.3) is 44.3 Å². The predicted molar refractivity (Wildman–Crippen MR) is 260 cm³/mol. The Kier molecular flexibility index (Phi) is 18.3. The van der Waals surface area contributed by atoms with Crippen LogP contribution in [0.2, 0.25) is 0 Å². The number of hydrogen-bond donors (Lipinski definition) is 1. The Balaban J connectivity index is 0.959. The van der Waals surface area contributed by atoms with Gasteiger partial charge < -0.3 is 14.6 Å². The van der Waals surface area contributed by atoms with Crippen LogP contribution < -0.4 is 0 Å². The number of benzene rings is 4. The maximum atomic E-state index is 12.5. The second kappa shape index (κ2) is 25.2. The fourth-order valence-electron chi connectivity index (χ4n) is 9.01. The van der Waals surface area contributed by atoms with E-state index in [0.29, 0.717) is 39.3 Å². The third-order valence-electron chi connectivity index (χ3n) is 12.6. The zero-order valence-electron chi connectivity index (χ0n) is 37.5. The number of ether oxygens (including phenoxy) is 2. The minimum Gasteiger partial charge on any atom is -0.512 e.